The number of rotatable bonds is 2. The second kappa shape index (κ2) is 6.65. The summed E-state index contributed by atoms with van der Waals surface area (Å²) < 4.78 is 1.40. The van der Waals surface area contributed by atoms with Crippen molar-refractivity contribution < 1.29 is 4.79 Å². The van der Waals surface area contributed by atoms with E-state index in [1.807, 2.05) is 4.90 Å². The molecule has 1 saturated heterocycles. The van der Waals surface area contributed by atoms with Gasteiger partial charge in [-0.2, -0.15) is 0 Å². The van der Waals surface area contributed by atoms with Crippen LogP contribution in [0.3, 0.4) is 0 Å². The summed E-state index contributed by atoms with van der Waals surface area (Å²) in [4.78, 5) is 32.2. The molecule has 0 saturated carbocycles. The van der Waals surface area contributed by atoms with Gasteiger partial charge in [-0.3, -0.25) is 14.7 Å². The van der Waals surface area contributed by atoms with Crippen molar-refractivity contribution in [2.24, 2.45) is 5.41 Å². The quantitative estimate of drug-likeness (QED) is 0.910. The van der Waals surface area contributed by atoms with Crippen LogP contribution in [-0.4, -0.2) is 38.0 Å². The number of H-pyrrole nitrogens is 1. The number of aryl methyl sites for hydroxylation is 1. The lowest BCUT2D eigenvalue weighted by Crippen LogP contribution is -2.48. The molecule has 2 aromatic heterocycles. The van der Waals surface area contributed by atoms with Gasteiger partial charge in [0.25, 0.3) is 5.56 Å². The van der Waals surface area contributed by atoms with Gasteiger partial charge in [-0.15, -0.1) is 0 Å². The second-order valence-corrected chi connectivity index (χ2v) is 8.13. The summed E-state index contributed by atoms with van der Waals surface area (Å²) in [6, 6.07) is 1.97. The molecule has 136 valence electrons. The average Bonchev–Trinajstić information content (AvgIpc) is 2.84. The molecule has 25 heavy (non-hydrogen) atoms. The normalized spacial score (nSPS) is 19.2. The van der Waals surface area contributed by atoms with E-state index >= 15 is 0 Å². The molecule has 1 aliphatic heterocycles. The minimum absolute atomic E-state index is 0.0335. The van der Waals surface area contributed by atoms with Crippen LogP contribution in [-0.2, 0) is 11.2 Å². The fourth-order valence-electron chi connectivity index (χ4n) is 3.87. The van der Waals surface area contributed by atoms with Gasteiger partial charge < -0.3 is 4.90 Å². The Kier molecular flexibility index (Phi) is 4.71. The number of likely N-dealkylation sites (tertiary alicyclic amines) is 1. The summed E-state index contributed by atoms with van der Waals surface area (Å²) in [6.07, 6.45) is 6.17. The molecule has 0 aliphatic carbocycles. The Labute approximate surface area is 148 Å². The molecule has 1 amide bonds. The third-order valence-electron chi connectivity index (χ3n) is 5.25. The third kappa shape index (κ3) is 3.48. The fourth-order valence-corrected chi connectivity index (χ4v) is 3.87. The summed E-state index contributed by atoms with van der Waals surface area (Å²) in [5.74, 6) is 0.0373. The van der Waals surface area contributed by atoms with Crippen LogP contribution in [0.25, 0.3) is 5.65 Å². The van der Waals surface area contributed by atoms with Gasteiger partial charge in [0.1, 0.15) is 0 Å². The highest BCUT2D eigenvalue weighted by molar-refractivity contribution is 5.79. The van der Waals surface area contributed by atoms with Gasteiger partial charge in [0.05, 0.1) is 6.42 Å². The zero-order valence-electron chi connectivity index (χ0n) is 15.6. The minimum Gasteiger partial charge on any atom is -0.339 e. The van der Waals surface area contributed by atoms with E-state index in [1.165, 1.54) is 4.52 Å². The Morgan fingerprint density at radius 2 is 2.08 bits per heavy atom. The van der Waals surface area contributed by atoms with Crippen molar-refractivity contribution in [1.82, 2.24) is 19.5 Å². The van der Waals surface area contributed by atoms with Crippen molar-refractivity contribution in [3.8, 4) is 0 Å². The van der Waals surface area contributed by atoms with Crippen LogP contribution in [0.1, 0.15) is 57.7 Å². The largest absolute Gasteiger partial charge is 0.339 e. The molecule has 3 heterocycles. The molecule has 1 N–H and O–H groups in total. The topological polar surface area (TPSA) is 70.5 Å². The summed E-state index contributed by atoms with van der Waals surface area (Å²) in [7, 11) is 0. The lowest BCUT2D eigenvalue weighted by Gasteiger charge is -2.39. The molecule has 1 unspecified atom stereocenters. The average molecular weight is 344 g/mol. The highest BCUT2D eigenvalue weighted by Gasteiger charge is 2.34. The van der Waals surface area contributed by atoms with Crippen LogP contribution in [0.2, 0.25) is 0 Å². The fraction of sp³-hybridized carbons (Fsp3) is 0.632. The first-order valence-electron chi connectivity index (χ1n) is 9.14. The first kappa shape index (κ1) is 17.7. The van der Waals surface area contributed by atoms with Crippen LogP contribution >= 0.6 is 0 Å². The van der Waals surface area contributed by atoms with Gasteiger partial charge in [0, 0.05) is 36.1 Å². The van der Waals surface area contributed by atoms with Crippen molar-refractivity contribution in [2.45, 2.75) is 65.8 Å². The van der Waals surface area contributed by atoms with E-state index in [9.17, 15) is 9.59 Å². The van der Waals surface area contributed by atoms with E-state index in [0.717, 1.165) is 32.2 Å². The lowest BCUT2D eigenvalue weighted by atomic mass is 9.83. The SMILES string of the molecule is Cc1nc2cc[nH]n2c(=O)c1CC(=O)N1CCCCCC1C(C)(C)C. The molecule has 3 rings (SSSR count). The summed E-state index contributed by atoms with van der Waals surface area (Å²) in [5.41, 5.74) is 1.57. The standard InChI is InChI=1S/C19H28N4O2/c1-13-14(18(25)23-16(21-13)9-10-20-23)12-17(24)22-11-7-5-6-8-15(22)19(2,3)4/h9-10,15,20H,5-8,11-12H2,1-4H3. The monoisotopic (exact) mass is 344 g/mol. The zero-order chi connectivity index (χ0) is 18.2. The van der Waals surface area contributed by atoms with Gasteiger partial charge in [0.15, 0.2) is 5.65 Å². The van der Waals surface area contributed by atoms with Gasteiger partial charge in [-0.1, -0.05) is 33.6 Å². The first-order chi connectivity index (χ1) is 11.8. The Morgan fingerprint density at radius 3 is 2.80 bits per heavy atom. The van der Waals surface area contributed by atoms with E-state index in [0.29, 0.717) is 16.9 Å². The number of carbonyl (C=O) groups excluding carboxylic acids is 1. The number of nitrogens with zero attached hydrogens (tertiary/aromatic N) is 3. The maximum atomic E-state index is 13.1. The van der Waals surface area contributed by atoms with Gasteiger partial charge >= 0.3 is 0 Å². The number of nitrogens with one attached hydrogen (secondary N) is 1. The molecule has 0 spiro atoms. The van der Waals surface area contributed by atoms with Crippen LogP contribution in [0.5, 0.6) is 0 Å². The van der Waals surface area contributed by atoms with Crippen LogP contribution < -0.4 is 5.56 Å². The summed E-state index contributed by atoms with van der Waals surface area (Å²) >= 11 is 0. The van der Waals surface area contributed by atoms with E-state index in [-0.39, 0.29) is 29.3 Å². The number of hydrogen-bond acceptors (Lipinski definition) is 3. The minimum atomic E-state index is -0.178. The Balaban J connectivity index is 1.91. The summed E-state index contributed by atoms with van der Waals surface area (Å²) in [6.45, 7) is 9.15. The third-order valence-corrected chi connectivity index (χ3v) is 5.25. The number of aromatic amines is 1. The van der Waals surface area contributed by atoms with Crippen LogP contribution in [0.4, 0.5) is 0 Å². The highest BCUT2D eigenvalue weighted by atomic mass is 16.2. The van der Waals surface area contributed by atoms with E-state index in [2.05, 4.69) is 30.9 Å². The van der Waals surface area contributed by atoms with E-state index in [1.54, 1.807) is 19.2 Å². The Hall–Kier alpha value is -2.11. The van der Waals surface area contributed by atoms with Crippen molar-refractivity contribution in [2.75, 3.05) is 6.54 Å². The van der Waals surface area contributed by atoms with Gasteiger partial charge in [-0.25, -0.2) is 9.50 Å². The predicted octanol–water partition coefficient (Wildman–Crippen LogP) is 2.69. The highest BCUT2D eigenvalue weighted by Crippen LogP contribution is 2.31. The van der Waals surface area contributed by atoms with Crippen LogP contribution in [0.15, 0.2) is 17.1 Å². The molecule has 0 bridgehead atoms. The molecule has 1 fully saturated rings. The second-order valence-electron chi connectivity index (χ2n) is 8.13. The number of carbonyl (C=O) groups is 1. The number of aromatic nitrogens is 3. The smallest absolute Gasteiger partial charge is 0.276 e. The molecule has 2 aromatic rings. The van der Waals surface area contributed by atoms with Crippen molar-refractivity contribution in [3.63, 3.8) is 0 Å². The van der Waals surface area contributed by atoms with E-state index < -0.39 is 0 Å². The molecule has 1 aliphatic rings. The molecule has 0 aromatic carbocycles. The zero-order valence-corrected chi connectivity index (χ0v) is 15.6. The molecule has 1 atom stereocenters. The predicted molar refractivity (Wildman–Crippen MR) is 97.7 cm³/mol. The molecule has 6 heteroatoms. The Morgan fingerprint density at radius 1 is 1.32 bits per heavy atom. The summed E-state index contributed by atoms with van der Waals surface area (Å²) in [5, 5.41) is 2.87. The van der Waals surface area contributed by atoms with Gasteiger partial charge in [-0.05, 0) is 25.2 Å². The first-order valence-corrected chi connectivity index (χ1v) is 9.14. The van der Waals surface area contributed by atoms with Crippen molar-refractivity contribution in [3.05, 3.63) is 33.9 Å². The molecular weight excluding hydrogens is 316 g/mol. The Bertz CT molecular complexity index is 828. The van der Waals surface area contributed by atoms with Gasteiger partial charge in [0.2, 0.25) is 5.91 Å². The van der Waals surface area contributed by atoms with Crippen molar-refractivity contribution >= 4 is 11.6 Å². The molecular formula is C19H28N4O2. The maximum absolute atomic E-state index is 13.1. The number of fused-ring (bicyclic) bond motifs is 1. The van der Waals surface area contributed by atoms with Crippen LogP contribution in [0, 0.1) is 12.3 Å². The maximum Gasteiger partial charge on any atom is 0.276 e. The molecule has 0 radical (unpaired) electrons. The lowest BCUT2D eigenvalue weighted by molar-refractivity contribution is -0.135. The molecule has 6 nitrogen and oxygen atoms in total. The number of hydrogen-bond donors (Lipinski definition) is 1. The number of amides is 1. The van der Waals surface area contributed by atoms with E-state index in [4.69, 9.17) is 0 Å². The van der Waals surface area contributed by atoms with Crippen molar-refractivity contribution in [1.29, 1.82) is 0 Å².